The third-order valence-corrected chi connectivity index (χ3v) is 4.45. The molecule has 4 nitrogen and oxygen atoms in total. The molecular formula is C13H16Cl2N2O2S. The summed E-state index contributed by atoms with van der Waals surface area (Å²) >= 11 is 5.89. The fourth-order valence-electron chi connectivity index (χ4n) is 1.75. The van der Waals surface area contributed by atoms with Crippen LogP contribution in [0.25, 0.3) is 10.8 Å². The van der Waals surface area contributed by atoms with Crippen molar-refractivity contribution in [3.8, 4) is 0 Å². The van der Waals surface area contributed by atoms with Crippen LogP contribution in [0.4, 0.5) is 0 Å². The predicted molar refractivity (Wildman–Crippen MR) is 85.1 cm³/mol. The molecule has 0 bridgehead atoms. The Morgan fingerprint density at radius 1 is 1.10 bits per heavy atom. The van der Waals surface area contributed by atoms with Crippen molar-refractivity contribution in [1.82, 2.24) is 4.72 Å². The number of sulfonamides is 1. The Morgan fingerprint density at radius 3 is 2.45 bits per heavy atom. The lowest BCUT2D eigenvalue weighted by molar-refractivity contribution is 0.579. The average molecular weight is 335 g/mol. The molecule has 0 saturated carbocycles. The van der Waals surface area contributed by atoms with Crippen molar-refractivity contribution in [2.24, 2.45) is 5.73 Å². The van der Waals surface area contributed by atoms with E-state index in [2.05, 4.69) is 4.72 Å². The first-order chi connectivity index (χ1) is 9.03. The first kappa shape index (κ1) is 17.2. The molecule has 0 fully saturated rings. The Labute approximate surface area is 129 Å². The van der Waals surface area contributed by atoms with Crippen molar-refractivity contribution in [2.75, 3.05) is 13.1 Å². The van der Waals surface area contributed by atoms with E-state index < -0.39 is 10.0 Å². The molecule has 0 aliphatic rings. The summed E-state index contributed by atoms with van der Waals surface area (Å²) in [7, 11) is -3.47. The van der Waals surface area contributed by atoms with E-state index in [1.165, 1.54) is 0 Å². The summed E-state index contributed by atoms with van der Waals surface area (Å²) in [6.07, 6.45) is 0.614. The highest BCUT2D eigenvalue weighted by molar-refractivity contribution is 7.89. The standard InChI is InChI=1S/C13H15ClN2O2S.ClH/c14-12-4-2-11-9-13(5-3-10(11)8-12)19(17,18)16-7-1-6-15;/h2-5,8-9,16H,1,6-7,15H2;1H. The van der Waals surface area contributed by atoms with Crippen LogP contribution in [0.1, 0.15) is 6.42 Å². The summed E-state index contributed by atoms with van der Waals surface area (Å²) in [6, 6.07) is 10.3. The lowest BCUT2D eigenvalue weighted by Crippen LogP contribution is -2.26. The SMILES string of the molecule is Cl.NCCCNS(=O)(=O)c1ccc2cc(Cl)ccc2c1. The van der Waals surface area contributed by atoms with Crippen molar-refractivity contribution in [3.05, 3.63) is 41.4 Å². The number of hydrogen-bond acceptors (Lipinski definition) is 3. The molecule has 3 N–H and O–H groups in total. The van der Waals surface area contributed by atoms with Gasteiger partial charge in [-0.15, -0.1) is 12.4 Å². The summed E-state index contributed by atoms with van der Waals surface area (Å²) in [5.41, 5.74) is 5.34. The molecule has 0 heterocycles. The van der Waals surface area contributed by atoms with Crippen molar-refractivity contribution in [3.63, 3.8) is 0 Å². The van der Waals surface area contributed by atoms with Crippen LogP contribution in [0, 0.1) is 0 Å². The van der Waals surface area contributed by atoms with Gasteiger partial charge in [0, 0.05) is 11.6 Å². The van der Waals surface area contributed by atoms with Crippen LogP contribution in [0.3, 0.4) is 0 Å². The van der Waals surface area contributed by atoms with Crippen LogP contribution >= 0.6 is 24.0 Å². The van der Waals surface area contributed by atoms with Gasteiger partial charge in [-0.1, -0.05) is 23.7 Å². The maximum absolute atomic E-state index is 12.0. The van der Waals surface area contributed by atoms with Crippen molar-refractivity contribution < 1.29 is 8.42 Å². The van der Waals surface area contributed by atoms with Crippen LogP contribution in [-0.4, -0.2) is 21.5 Å². The zero-order valence-electron chi connectivity index (χ0n) is 10.7. The average Bonchev–Trinajstić information content (AvgIpc) is 2.38. The van der Waals surface area contributed by atoms with Crippen LogP contribution < -0.4 is 10.5 Å². The summed E-state index contributed by atoms with van der Waals surface area (Å²) in [5, 5.41) is 2.38. The van der Waals surface area contributed by atoms with Gasteiger partial charge in [0.1, 0.15) is 0 Å². The third-order valence-electron chi connectivity index (χ3n) is 2.76. The van der Waals surface area contributed by atoms with Crippen LogP contribution in [-0.2, 0) is 10.0 Å². The van der Waals surface area contributed by atoms with E-state index in [4.69, 9.17) is 17.3 Å². The number of rotatable bonds is 5. The molecule has 0 aromatic heterocycles. The normalized spacial score (nSPS) is 11.3. The Hall–Kier alpha value is -0.850. The molecule has 0 aliphatic heterocycles. The van der Waals surface area contributed by atoms with Gasteiger partial charge in [0.2, 0.25) is 10.0 Å². The van der Waals surface area contributed by atoms with Crippen LogP contribution in [0.5, 0.6) is 0 Å². The maximum atomic E-state index is 12.0. The van der Waals surface area contributed by atoms with Crippen molar-refractivity contribution in [1.29, 1.82) is 0 Å². The van der Waals surface area contributed by atoms with E-state index >= 15 is 0 Å². The first-order valence-electron chi connectivity index (χ1n) is 5.92. The molecule has 7 heteroatoms. The fraction of sp³-hybridized carbons (Fsp3) is 0.231. The third kappa shape index (κ3) is 4.07. The molecule has 0 atom stereocenters. The first-order valence-corrected chi connectivity index (χ1v) is 7.78. The molecular weight excluding hydrogens is 319 g/mol. The lowest BCUT2D eigenvalue weighted by atomic mass is 10.1. The molecule has 0 unspecified atom stereocenters. The van der Waals surface area contributed by atoms with Gasteiger partial charge in [-0.2, -0.15) is 0 Å². The van der Waals surface area contributed by atoms with Gasteiger partial charge in [-0.25, -0.2) is 13.1 Å². The highest BCUT2D eigenvalue weighted by atomic mass is 35.5. The topological polar surface area (TPSA) is 72.2 Å². The molecule has 0 amide bonds. The van der Waals surface area contributed by atoms with E-state index in [1.54, 1.807) is 36.4 Å². The number of nitrogens with one attached hydrogen (secondary N) is 1. The summed E-state index contributed by atoms with van der Waals surface area (Å²) in [6.45, 7) is 0.802. The van der Waals surface area contributed by atoms with E-state index in [0.717, 1.165) is 10.8 Å². The van der Waals surface area contributed by atoms with Gasteiger partial charge >= 0.3 is 0 Å². The second-order valence-corrected chi connectivity index (χ2v) is 6.40. The van der Waals surface area contributed by atoms with Crippen LogP contribution in [0.15, 0.2) is 41.3 Å². The molecule has 20 heavy (non-hydrogen) atoms. The smallest absolute Gasteiger partial charge is 0.240 e. The summed E-state index contributed by atoms with van der Waals surface area (Å²) in [5.74, 6) is 0. The number of benzene rings is 2. The van der Waals surface area contributed by atoms with Gasteiger partial charge in [-0.3, -0.25) is 0 Å². The Morgan fingerprint density at radius 2 is 1.75 bits per heavy atom. The maximum Gasteiger partial charge on any atom is 0.240 e. The molecule has 2 aromatic carbocycles. The highest BCUT2D eigenvalue weighted by Crippen LogP contribution is 2.22. The minimum Gasteiger partial charge on any atom is -0.330 e. The lowest BCUT2D eigenvalue weighted by Gasteiger charge is -2.07. The van der Waals surface area contributed by atoms with Crippen LogP contribution in [0.2, 0.25) is 5.02 Å². The largest absolute Gasteiger partial charge is 0.330 e. The Kier molecular flexibility index (Phi) is 6.23. The number of nitrogens with two attached hydrogens (primary N) is 1. The minimum atomic E-state index is -3.47. The zero-order valence-corrected chi connectivity index (χ0v) is 13.1. The van der Waals surface area contributed by atoms with E-state index in [0.29, 0.717) is 24.5 Å². The van der Waals surface area contributed by atoms with E-state index in [9.17, 15) is 8.42 Å². The van der Waals surface area contributed by atoms with Gasteiger partial charge in [0.05, 0.1) is 4.90 Å². The molecule has 2 rings (SSSR count). The quantitative estimate of drug-likeness (QED) is 0.825. The van der Waals surface area contributed by atoms with E-state index in [-0.39, 0.29) is 17.3 Å². The highest BCUT2D eigenvalue weighted by Gasteiger charge is 2.13. The summed E-state index contributed by atoms with van der Waals surface area (Å²) < 4.78 is 26.6. The molecule has 0 saturated heterocycles. The number of hydrogen-bond donors (Lipinski definition) is 2. The number of fused-ring (bicyclic) bond motifs is 1. The molecule has 0 spiro atoms. The van der Waals surface area contributed by atoms with Crippen molar-refractivity contribution >= 4 is 44.8 Å². The van der Waals surface area contributed by atoms with E-state index in [1.807, 2.05) is 0 Å². The van der Waals surface area contributed by atoms with Gasteiger partial charge in [-0.05, 0) is 48.0 Å². The van der Waals surface area contributed by atoms with Crippen molar-refractivity contribution in [2.45, 2.75) is 11.3 Å². The molecule has 0 radical (unpaired) electrons. The summed E-state index contributed by atoms with van der Waals surface area (Å²) in [4.78, 5) is 0.249. The monoisotopic (exact) mass is 334 g/mol. The zero-order chi connectivity index (χ0) is 13.9. The van der Waals surface area contributed by atoms with Gasteiger partial charge in [0.25, 0.3) is 0 Å². The minimum absolute atomic E-state index is 0. The second kappa shape index (κ2) is 7.24. The fourth-order valence-corrected chi connectivity index (χ4v) is 3.04. The Bertz CT molecular complexity index is 690. The molecule has 0 aliphatic carbocycles. The van der Waals surface area contributed by atoms with Gasteiger partial charge < -0.3 is 5.73 Å². The molecule has 110 valence electrons. The second-order valence-electron chi connectivity index (χ2n) is 4.19. The predicted octanol–water partition coefficient (Wildman–Crippen LogP) is 2.54. The molecule has 2 aromatic rings. The van der Waals surface area contributed by atoms with Gasteiger partial charge in [0.15, 0.2) is 0 Å². The Balaban J connectivity index is 0.00000200. The number of halogens is 2.